The van der Waals surface area contributed by atoms with Gasteiger partial charge in [-0.3, -0.25) is 5.41 Å². The third-order valence-electron chi connectivity index (χ3n) is 3.92. The van der Waals surface area contributed by atoms with E-state index >= 15 is 0 Å². The van der Waals surface area contributed by atoms with Crippen molar-refractivity contribution >= 4 is 22.6 Å². The number of methoxy groups -OCH3 is 1. The molecule has 0 fully saturated rings. The molecular formula is C21H19F3N2O4. The minimum absolute atomic E-state index is 0.0386. The normalized spacial score (nSPS) is 10.7. The molecule has 0 unspecified atom stereocenters. The number of carbonyl (C=O) groups is 1. The van der Waals surface area contributed by atoms with Crippen LogP contribution in [0.5, 0.6) is 11.5 Å². The molecule has 4 N–H and O–H groups in total. The van der Waals surface area contributed by atoms with E-state index in [1.807, 2.05) is 60.7 Å². The second kappa shape index (κ2) is 9.64. The van der Waals surface area contributed by atoms with Gasteiger partial charge in [0.15, 0.2) is 0 Å². The van der Waals surface area contributed by atoms with Crippen molar-refractivity contribution in [2.24, 2.45) is 5.73 Å². The highest BCUT2D eigenvalue weighted by Crippen LogP contribution is 2.32. The summed E-state index contributed by atoms with van der Waals surface area (Å²) in [5.41, 5.74) is 7.36. The van der Waals surface area contributed by atoms with E-state index in [0.29, 0.717) is 17.9 Å². The number of alkyl halides is 3. The fraction of sp³-hybridized carbons (Fsp3) is 0.143. The molecule has 3 aromatic rings. The zero-order valence-corrected chi connectivity index (χ0v) is 15.9. The van der Waals surface area contributed by atoms with Crippen LogP contribution >= 0.6 is 0 Å². The van der Waals surface area contributed by atoms with Gasteiger partial charge in [0.05, 0.1) is 7.11 Å². The van der Waals surface area contributed by atoms with Crippen LogP contribution in [0.2, 0.25) is 0 Å². The van der Waals surface area contributed by atoms with Crippen LogP contribution in [0, 0.1) is 5.41 Å². The van der Waals surface area contributed by atoms with E-state index in [-0.39, 0.29) is 5.84 Å². The minimum Gasteiger partial charge on any atom is -0.497 e. The Kier molecular flexibility index (Phi) is 7.24. The number of nitrogen functional groups attached to an aromatic ring is 1. The molecule has 0 aliphatic rings. The summed E-state index contributed by atoms with van der Waals surface area (Å²) >= 11 is 0. The molecule has 30 heavy (non-hydrogen) atoms. The number of nitrogens with one attached hydrogen (secondary N) is 1. The number of carboxylic acids is 1. The Morgan fingerprint density at radius 3 is 2.27 bits per heavy atom. The first-order valence-corrected chi connectivity index (χ1v) is 8.55. The molecule has 0 radical (unpaired) electrons. The lowest BCUT2D eigenvalue weighted by atomic mass is 10.0. The standard InChI is InChI=1S/C19H18N2O2.C2HF3O2/c1-22-16-9-14-7-8-15(19(20)21)10-17(14)18(11-16)23-12-13-5-3-2-4-6-13;3-2(4,5)1(6)7/h2-11H,12H2,1H3,(H3,20,21);(H,6,7). The molecule has 0 amide bonds. The summed E-state index contributed by atoms with van der Waals surface area (Å²) in [6, 6.07) is 19.4. The van der Waals surface area contributed by atoms with Crippen LogP contribution in [0.25, 0.3) is 10.8 Å². The molecule has 0 aromatic heterocycles. The number of ether oxygens (including phenoxy) is 2. The summed E-state index contributed by atoms with van der Waals surface area (Å²) in [7, 11) is 1.63. The molecule has 0 saturated heterocycles. The van der Waals surface area contributed by atoms with Gasteiger partial charge in [-0.15, -0.1) is 0 Å². The van der Waals surface area contributed by atoms with Crippen molar-refractivity contribution in [2.45, 2.75) is 12.8 Å². The first-order chi connectivity index (χ1) is 14.1. The lowest BCUT2D eigenvalue weighted by Crippen LogP contribution is -2.21. The Morgan fingerprint density at radius 1 is 1.10 bits per heavy atom. The minimum atomic E-state index is -5.08. The molecule has 0 heterocycles. The maximum absolute atomic E-state index is 10.6. The highest BCUT2D eigenvalue weighted by molar-refractivity contribution is 6.01. The Hall–Kier alpha value is -3.75. The van der Waals surface area contributed by atoms with Gasteiger partial charge < -0.3 is 20.3 Å². The van der Waals surface area contributed by atoms with Gasteiger partial charge in [0.2, 0.25) is 0 Å². The van der Waals surface area contributed by atoms with E-state index in [1.54, 1.807) is 7.11 Å². The molecule has 158 valence electrons. The third-order valence-corrected chi connectivity index (χ3v) is 3.92. The highest BCUT2D eigenvalue weighted by atomic mass is 19.4. The monoisotopic (exact) mass is 420 g/mol. The summed E-state index contributed by atoms with van der Waals surface area (Å²) in [6.45, 7) is 0.466. The number of fused-ring (bicyclic) bond motifs is 1. The van der Waals surface area contributed by atoms with Gasteiger partial charge in [-0.2, -0.15) is 13.2 Å². The summed E-state index contributed by atoms with van der Waals surface area (Å²) < 4.78 is 43.1. The molecule has 0 spiro atoms. The Morgan fingerprint density at radius 2 is 1.73 bits per heavy atom. The maximum Gasteiger partial charge on any atom is 0.490 e. The molecule has 0 aliphatic heterocycles. The fourth-order valence-electron chi connectivity index (χ4n) is 2.44. The van der Waals surface area contributed by atoms with E-state index in [4.69, 9.17) is 30.5 Å². The number of rotatable bonds is 5. The van der Waals surface area contributed by atoms with Crippen LogP contribution in [0.3, 0.4) is 0 Å². The van der Waals surface area contributed by atoms with E-state index < -0.39 is 12.1 Å². The quantitative estimate of drug-likeness (QED) is 0.421. The van der Waals surface area contributed by atoms with Crippen LogP contribution in [0.1, 0.15) is 11.1 Å². The zero-order valence-electron chi connectivity index (χ0n) is 15.9. The van der Waals surface area contributed by atoms with Gasteiger partial charge in [-0.1, -0.05) is 42.5 Å². The van der Waals surface area contributed by atoms with E-state index in [0.717, 1.165) is 22.1 Å². The molecule has 6 nitrogen and oxygen atoms in total. The van der Waals surface area contributed by atoms with Gasteiger partial charge in [0.1, 0.15) is 23.9 Å². The molecule has 0 atom stereocenters. The van der Waals surface area contributed by atoms with Crippen molar-refractivity contribution in [1.82, 2.24) is 0 Å². The number of benzene rings is 3. The summed E-state index contributed by atoms with van der Waals surface area (Å²) in [5, 5.41) is 16.6. The highest BCUT2D eigenvalue weighted by Gasteiger charge is 2.38. The number of amidine groups is 1. The van der Waals surface area contributed by atoms with Crippen molar-refractivity contribution in [3.8, 4) is 11.5 Å². The van der Waals surface area contributed by atoms with Crippen LogP contribution in [-0.2, 0) is 11.4 Å². The smallest absolute Gasteiger partial charge is 0.490 e. The molecular weight excluding hydrogens is 401 g/mol. The second-order valence-electron chi connectivity index (χ2n) is 6.05. The summed E-state index contributed by atoms with van der Waals surface area (Å²) in [6.07, 6.45) is -5.08. The predicted molar refractivity (Wildman–Crippen MR) is 106 cm³/mol. The van der Waals surface area contributed by atoms with Crippen molar-refractivity contribution in [3.05, 3.63) is 71.8 Å². The van der Waals surface area contributed by atoms with Crippen molar-refractivity contribution in [1.29, 1.82) is 5.41 Å². The van der Waals surface area contributed by atoms with Gasteiger partial charge in [0, 0.05) is 17.0 Å². The van der Waals surface area contributed by atoms with Crippen LogP contribution in [-0.4, -0.2) is 30.2 Å². The van der Waals surface area contributed by atoms with E-state index in [1.165, 1.54) is 0 Å². The number of hydrogen-bond donors (Lipinski definition) is 3. The molecule has 0 bridgehead atoms. The van der Waals surface area contributed by atoms with Crippen LogP contribution < -0.4 is 15.2 Å². The lowest BCUT2D eigenvalue weighted by molar-refractivity contribution is -0.192. The number of aliphatic carboxylic acids is 1. The average molecular weight is 420 g/mol. The fourth-order valence-corrected chi connectivity index (χ4v) is 2.44. The number of hydrogen-bond acceptors (Lipinski definition) is 4. The predicted octanol–water partition coefficient (Wildman–Crippen LogP) is 4.34. The zero-order chi connectivity index (χ0) is 22.3. The van der Waals surface area contributed by atoms with E-state index in [9.17, 15) is 13.2 Å². The Balaban J connectivity index is 0.000000396. The van der Waals surface area contributed by atoms with Crippen molar-refractivity contribution in [2.75, 3.05) is 7.11 Å². The second-order valence-corrected chi connectivity index (χ2v) is 6.05. The topological polar surface area (TPSA) is 106 Å². The van der Waals surface area contributed by atoms with Crippen molar-refractivity contribution < 1.29 is 32.5 Å². The van der Waals surface area contributed by atoms with Gasteiger partial charge in [0.25, 0.3) is 0 Å². The van der Waals surface area contributed by atoms with Crippen LogP contribution in [0.4, 0.5) is 13.2 Å². The van der Waals surface area contributed by atoms with Gasteiger partial charge >= 0.3 is 12.1 Å². The SMILES string of the molecule is COc1cc(OCc2ccccc2)c2cc(C(=N)N)ccc2c1.O=C(O)C(F)(F)F. The van der Waals surface area contributed by atoms with Crippen LogP contribution in [0.15, 0.2) is 60.7 Å². The van der Waals surface area contributed by atoms with Crippen molar-refractivity contribution in [3.63, 3.8) is 0 Å². The summed E-state index contributed by atoms with van der Waals surface area (Å²) in [4.78, 5) is 8.90. The van der Waals surface area contributed by atoms with Gasteiger partial charge in [-0.25, -0.2) is 4.79 Å². The lowest BCUT2D eigenvalue weighted by Gasteiger charge is -2.13. The summed E-state index contributed by atoms with van der Waals surface area (Å²) in [5.74, 6) is -1.27. The molecule has 0 aliphatic carbocycles. The molecule has 3 rings (SSSR count). The van der Waals surface area contributed by atoms with E-state index in [2.05, 4.69) is 0 Å². The molecule has 3 aromatic carbocycles. The van der Waals surface area contributed by atoms with Gasteiger partial charge in [-0.05, 0) is 23.1 Å². The third kappa shape index (κ3) is 6.13. The Labute approximate surface area is 170 Å². The largest absolute Gasteiger partial charge is 0.497 e. The Bertz CT molecular complexity index is 1040. The first kappa shape index (κ1) is 22.5. The number of carboxylic acid groups (broad SMARTS) is 1. The number of nitrogens with two attached hydrogens (primary N) is 1. The maximum atomic E-state index is 10.6. The molecule has 9 heteroatoms. The average Bonchev–Trinajstić information content (AvgIpc) is 2.71. The number of halogens is 3. The molecule has 0 saturated carbocycles. The first-order valence-electron chi connectivity index (χ1n) is 8.55.